The Morgan fingerprint density at radius 2 is 1.59 bits per heavy atom. The van der Waals surface area contributed by atoms with Crippen LogP contribution < -0.4 is 0 Å². The highest BCUT2D eigenvalue weighted by atomic mass is 16.6. The normalized spacial score (nSPS) is 17.8. The molecule has 1 aliphatic rings. The number of hydrogen-bond donors (Lipinski definition) is 0. The highest BCUT2D eigenvalue weighted by molar-refractivity contribution is 5.86. The maximum atomic E-state index is 13.4. The van der Waals surface area contributed by atoms with Crippen LogP contribution >= 0.6 is 0 Å². The van der Waals surface area contributed by atoms with Crippen LogP contribution in [0.4, 0.5) is 9.59 Å². The van der Waals surface area contributed by atoms with Gasteiger partial charge >= 0.3 is 12.2 Å². The maximum Gasteiger partial charge on any atom is 0.411 e. The van der Waals surface area contributed by atoms with Gasteiger partial charge in [-0.25, -0.2) is 9.59 Å². The van der Waals surface area contributed by atoms with E-state index in [4.69, 9.17) is 9.47 Å². The van der Waals surface area contributed by atoms with Crippen molar-refractivity contribution in [1.82, 2.24) is 9.80 Å². The molecule has 2 aromatic rings. The van der Waals surface area contributed by atoms with E-state index >= 15 is 0 Å². The van der Waals surface area contributed by atoms with Gasteiger partial charge in [-0.3, -0.25) is 4.90 Å². The Morgan fingerprint density at radius 3 is 2.25 bits per heavy atom. The minimum atomic E-state index is -0.614. The van der Waals surface area contributed by atoms with Gasteiger partial charge in [0.05, 0.1) is 12.1 Å². The fourth-order valence-electron chi connectivity index (χ4n) is 4.16. The van der Waals surface area contributed by atoms with Gasteiger partial charge in [0.15, 0.2) is 0 Å². The van der Waals surface area contributed by atoms with E-state index in [9.17, 15) is 9.59 Å². The molecule has 3 rings (SSSR count). The molecule has 0 radical (unpaired) electrons. The van der Waals surface area contributed by atoms with Gasteiger partial charge in [0, 0.05) is 13.1 Å². The molecule has 2 amide bonds. The largest absolute Gasteiger partial charge is 0.444 e. The molecule has 6 nitrogen and oxygen atoms in total. The summed E-state index contributed by atoms with van der Waals surface area (Å²) in [7, 11) is 0. The van der Waals surface area contributed by atoms with Gasteiger partial charge in [-0.15, -0.1) is 0 Å². The molecule has 0 aromatic heterocycles. The van der Waals surface area contributed by atoms with E-state index in [1.165, 1.54) is 0 Å². The third kappa shape index (κ3) is 5.72. The van der Waals surface area contributed by atoms with Crippen LogP contribution in [0, 0.1) is 0 Å². The minimum absolute atomic E-state index is 0.161. The second kappa shape index (κ2) is 9.00. The number of nitrogens with zero attached hydrogens (tertiary/aromatic N) is 2. The number of carbonyl (C=O) groups is 2. The summed E-state index contributed by atoms with van der Waals surface area (Å²) in [6.07, 6.45) is -0.0379. The van der Waals surface area contributed by atoms with Gasteiger partial charge in [0.2, 0.25) is 0 Å². The Morgan fingerprint density at radius 1 is 0.969 bits per heavy atom. The molecule has 0 bridgehead atoms. The van der Waals surface area contributed by atoms with E-state index in [2.05, 4.69) is 24.3 Å². The molecule has 6 heteroatoms. The van der Waals surface area contributed by atoms with Crippen LogP contribution in [0.2, 0.25) is 0 Å². The first-order valence-corrected chi connectivity index (χ1v) is 11.3. The maximum absolute atomic E-state index is 13.4. The molecule has 0 saturated carbocycles. The highest BCUT2D eigenvalue weighted by Crippen LogP contribution is 2.33. The average molecular weight is 441 g/mol. The number of carbonyl (C=O) groups excluding carboxylic acids is 2. The van der Waals surface area contributed by atoms with E-state index in [-0.39, 0.29) is 24.3 Å². The summed E-state index contributed by atoms with van der Waals surface area (Å²) in [6.45, 7) is 14.2. The zero-order valence-corrected chi connectivity index (χ0v) is 20.3. The molecular formula is C26H36N2O4. The van der Waals surface area contributed by atoms with Crippen LogP contribution in [0.15, 0.2) is 42.5 Å². The van der Waals surface area contributed by atoms with Crippen LogP contribution in [0.5, 0.6) is 0 Å². The van der Waals surface area contributed by atoms with Gasteiger partial charge in [-0.05, 0) is 71.2 Å². The molecule has 1 heterocycles. The smallest absolute Gasteiger partial charge is 0.411 e. The lowest BCUT2D eigenvalue weighted by molar-refractivity contribution is 0.00477. The van der Waals surface area contributed by atoms with E-state index in [1.54, 1.807) is 9.80 Å². The quantitative estimate of drug-likeness (QED) is 0.574. The second-order valence-corrected chi connectivity index (χ2v) is 10.5. The first-order valence-electron chi connectivity index (χ1n) is 11.3. The van der Waals surface area contributed by atoms with Crippen molar-refractivity contribution in [3.8, 4) is 0 Å². The predicted molar refractivity (Wildman–Crippen MR) is 127 cm³/mol. The van der Waals surface area contributed by atoms with Crippen molar-refractivity contribution in [3.63, 3.8) is 0 Å². The zero-order chi connectivity index (χ0) is 23.7. The number of rotatable bonds is 3. The fraction of sp³-hybridized carbons (Fsp3) is 0.538. The van der Waals surface area contributed by atoms with Crippen LogP contribution in [0.1, 0.15) is 66.5 Å². The van der Waals surface area contributed by atoms with Gasteiger partial charge < -0.3 is 14.4 Å². The summed E-state index contributed by atoms with van der Waals surface area (Å²) in [5.41, 5.74) is -0.113. The summed E-state index contributed by atoms with van der Waals surface area (Å²) in [5, 5.41) is 2.24. The monoisotopic (exact) mass is 440 g/mol. The molecule has 1 saturated heterocycles. The van der Waals surface area contributed by atoms with Crippen LogP contribution in [0.25, 0.3) is 10.8 Å². The predicted octanol–water partition coefficient (Wildman–Crippen LogP) is 6.15. The van der Waals surface area contributed by atoms with Crippen molar-refractivity contribution in [1.29, 1.82) is 0 Å². The second-order valence-electron chi connectivity index (χ2n) is 10.5. The number of ether oxygens (including phenoxy) is 2. The van der Waals surface area contributed by atoms with Crippen LogP contribution in [-0.4, -0.2) is 52.3 Å². The Balaban J connectivity index is 1.91. The summed E-state index contributed by atoms with van der Waals surface area (Å²) in [6, 6.07) is 13.9. The first-order chi connectivity index (χ1) is 14.9. The van der Waals surface area contributed by atoms with Crippen molar-refractivity contribution in [2.24, 2.45) is 0 Å². The van der Waals surface area contributed by atoms with E-state index in [0.717, 1.165) is 16.3 Å². The van der Waals surface area contributed by atoms with Crippen molar-refractivity contribution < 1.29 is 19.1 Å². The Hall–Kier alpha value is -2.76. The summed E-state index contributed by atoms with van der Waals surface area (Å²) in [5.74, 6) is 0. The number of amides is 2. The molecular weight excluding hydrogens is 404 g/mol. The van der Waals surface area contributed by atoms with Gasteiger partial charge in [0.1, 0.15) is 11.2 Å². The van der Waals surface area contributed by atoms with E-state index < -0.39 is 11.2 Å². The van der Waals surface area contributed by atoms with Crippen LogP contribution in [0.3, 0.4) is 0 Å². The first kappa shape index (κ1) is 23.9. The average Bonchev–Trinajstić information content (AvgIpc) is 3.14. The number of hydrogen-bond acceptors (Lipinski definition) is 4. The third-order valence-electron chi connectivity index (χ3n) is 5.50. The molecule has 0 N–H and O–H groups in total. The van der Waals surface area contributed by atoms with Gasteiger partial charge in [-0.2, -0.15) is 0 Å². The van der Waals surface area contributed by atoms with Crippen LogP contribution in [-0.2, 0) is 9.47 Å². The van der Waals surface area contributed by atoms with Crippen molar-refractivity contribution in [2.75, 3.05) is 13.1 Å². The molecule has 0 unspecified atom stereocenters. The Bertz CT molecular complexity index is 968. The van der Waals surface area contributed by atoms with Crippen molar-refractivity contribution in [2.45, 2.75) is 78.2 Å². The van der Waals surface area contributed by atoms with E-state index in [1.807, 2.05) is 66.7 Å². The topological polar surface area (TPSA) is 59.1 Å². The summed E-state index contributed by atoms with van der Waals surface area (Å²) < 4.78 is 11.3. The Kier molecular flexibility index (Phi) is 6.72. The highest BCUT2D eigenvalue weighted by Gasteiger charge is 2.39. The summed E-state index contributed by atoms with van der Waals surface area (Å²) >= 11 is 0. The zero-order valence-electron chi connectivity index (χ0n) is 20.3. The summed E-state index contributed by atoms with van der Waals surface area (Å²) in [4.78, 5) is 29.5. The minimum Gasteiger partial charge on any atom is -0.444 e. The fourth-order valence-corrected chi connectivity index (χ4v) is 4.16. The Labute approximate surface area is 191 Å². The van der Waals surface area contributed by atoms with Crippen molar-refractivity contribution in [3.05, 3.63) is 48.0 Å². The lowest BCUT2D eigenvalue weighted by Crippen LogP contribution is -2.46. The molecule has 2 aromatic carbocycles. The molecule has 0 aliphatic carbocycles. The number of fused-ring (bicyclic) bond motifs is 1. The molecule has 2 atom stereocenters. The number of benzene rings is 2. The standard InChI is InChI=1S/C26H36N2O4/c1-18(21-14-10-12-19-11-8-9-13-22(19)21)28(24(30)32-26(5,6)7)20-15-16-27(17-20)23(29)31-25(2,3)4/h8-14,18,20H,15-17H2,1-7H3/t18-,20-/m0/s1. The van der Waals surface area contributed by atoms with E-state index in [0.29, 0.717) is 19.5 Å². The molecule has 0 spiro atoms. The molecule has 174 valence electrons. The third-order valence-corrected chi connectivity index (χ3v) is 5.50. The SMILES string of the molecule is C[C@@H](c1cccc2ccccc12)N(C(=O)OC(C)(C)C)[C@H]1CCN(C(=O)OC(C)(C)C)C1. The van der Waals surface area contributed by atoms with Gasteiger partial charge in [-0.1, -0.05) is 42.5 Å². The van der Waals surface area contributed by atoms with Crippen molar-refractivity contribution >= 4 is 23.0 Å². The van der Waals surface area contributed by atoms with Gasteiger partial charge in [0.25, 0.3) is 0 Å². The lowest BCUT2D eigenvalue weighted by atomic mass is 9.97. The molecule has 1 aliphatic heterocycles. The number of likely N-dealkylation sites (tertiary alicyclic amines) is 1. The lowest BCUT2D eigenvalue weighted by Gasteiger charge is -2.36. The molecule has 1 fully saturated rings. The molecule has 32 heavy (non-hydrogen) atoms.